The average molecular weight is 355 g/mol. The second-order valence-electron chi connectivity index (χ2n) is 5.22. The summed E-state index contributed by atoms with van der Waals surface area (Å²) in [6, 6.07) is 15.8. The van der Waals surface area contributed by atoms with Crippen LogP contribution in [0.3, 0.4) is 0 Å². The number of carbonyl (C=O) groups is 1. The molecule has 3 N–H and O–H groups in total. The van der Waals surface area contributed by atoms with E-state index in [1.807, 2.05) is 24.3 Å². The Hall–Kier alpha value is -3.12. The van der Waals surface area contributed by atoms with Crippen molar-refractivity contribution in [3.8, 4) is 0 Å². The summed E-state index contributed by atoms with van der Waals surface area (Å²) in [6.07, 6.45) is 1.60. The molecule has 3 aromatic rings. The van der Waals surface area contributed by atoms with Crippen LogP contribution in [0, 0.1) is 0 Å². The van der Waals surface area contributed by atoms with Crippen LogP contribution in [0.15, 0.2) is 60.8 Å². The second-order valence-corrected chi connectivity index (χ2v) is 5.66. The summed E-state index contributed by atoms with van der Waals surface area (Å²) < 4.78 is 0. The van der Waals surface area contributed by atoms with Crippen molar-refractivity contribution in [1.82, 2.24) is 9.97 Å². The lowest BCUT2D eigenvalue weighted by Crippen LogP contribution is -2.06. The zero-order valence-corrected chi connectivity index (χ0v) is 13.9. The number of carboxylic acid groups (broad SMARTS) is 1. The molecule has 0 saturated carbocycles. The molecule has 0 amide bonds. The van der Waals surface area contributed by atoms with Crippen LogP contribution in [-0.2, 0) is 6.54 Å². The van der Waals surface area contributed by atoms with Crippen LogP contribution < -0.4 is 10.6 Å². The van der Waals surface area contributed by atoms with Crippen molar-refractivity contribution in [2.45, 2.75) is 6.54 Å². The van der Waals surface area contributed by atoms with Crippen LogP contribution in [-0.4, -0.2) is 21.0 Å². The van der Waals surface area contributed by atoms with Gasteiger partial charge < -0.3 is 15.7 Å². The third-order valence-corrected chi connectivity index (χ3v) is 3.69. The van der Waals surface area contributed by atoms with Gasteiger partial charge in [0.25, 0.3) is 0 Å². The highest BCUT2D eigenvalue weighted by Gasteiger charge is 2.09. The second kappa shape index (κ2) is 7.63. The van der Waals surface area contributed by atoms with E-state index in [4.69, 9.17) is 11.6 Å². The highest BCUT2D eigenvalue weighted by molar-refractivity contribution is 6.30. The summed E-state index contributed by atoms with van der Waals surface area (Å²) in [7, 11) is 0. The van der Waals surface area contributed by atoms with Crippen LogP contribution >= 0.6 is 11.6 Å². The van der Waals surface area contributed by atoms with Crippen molar-refractivity contribution >= 4 is 35.0 Å². The molecular weight excluding hydrogens is 340 g/mol. The molecule has 25 heavy (non-hydrogen) atoms. The summed E-state index contributed by atoms with van der Waals surface area (Å²) in [6.45, 7) is 0.548. The molecule has 0 aliphatic carbocycles. The molecule has 7 heteroatoms. The summed E-state index contributed by atoms with van der Waals surface area (Å²) in [5.41, 5.74) is 1.69. The van der Waals surface area contributed by atoms with E-state index in [0.717, 1.165) is 5.56 Å². The first kappa shape index (κ1) is 16.7. The molecular formula is C18H15ClN4O2. The maximum atomic E-state index is 11.3. The van der Waals surface area contributed by atoms with Crippen LogP contribution in [0.1, 0.15) is 15.9 Å². The van der Waals surface area contributed by atoms with Gasteiger partial charge in [0.2, 0.25) is 5.95 Å². The van der Waals surface area contributed by atoms with Crippen molar-refractivity contribution in [3.63, 3.8) is 0 Å². The van der Waals surface area contributed by atoms with Crippen LogP contribution in [0.4, 0.5) is 17.5 Å². The minimum absolute atomic E-state index is 0.178. The monoisotopic (exact) mass is 354 g/mol. The summed E-state index contributed by atoms with van der Waals surface area (Å²) in [5, 5.41) is 16.0. The minimum atomic E-state index is -1.00. The Morgan fingerprint density at radius 3 is 2.60 bits per heavy atom. The number of rotatable bonds is 6. The molecule has 6 nitrogen and oxygen atoms in total. The van der Waals surface area contributed by atoms with Gasteiger partial charge >= 0.3 is 5.97 Å². The molecule has 126 valence electrons. The molecule has 0 radical (unpaired) electrons. The van der Waals surface area contributed by atoms with E-state index in [9.17, 15) is 9.90 Å². The largest absolute Gasteiger partial charge is 0.478 e. The van der Waals surface area contributed by atoms with Gasteiger partial charge in [-0.25, -0.2) is 9.78 Å². The first-order valence-corrected chi connectivity index (χ1v) is 7.90. The average Bonchev–Trinajstić information content (AvgIpc) is 2.62. The Labute approximate surface area is 149 Å². The number of anilines is 3. The van der Waals surface area contributed by atoms with Crippen molar-refractivity contribution in [1.29, 1.82) is 0 Å². The number of para-hydroxylation sites is 1. The maximum absolute atomic E-state index is 11.3. The molecule has 0 atom stereocenters. The Morgan fingerprint density at radius 2 is 1.84 bits per heavy atom. The zero-order chi connectivity index (χ0) is 17.6. The van der Waals surface area contributed by atoms with Gasteiger partial charge in [0.1, 0.15) is 5.82 Å². The number of aromatic nitrogens is 2. The highest BCUT2D eigenvalue weighted by atomic mass is 35.5. The normalized spacial score (nSPS) is 10.3. The van der Waals surface area contributed by atoms with E-state index in [-0.39, 0.29) is 5.56 Å². The van der Waals surface area contributed by atoms with Gasteiger partial charge in [0.15, 0.2) is 0 Å². The van der Waals surface area contributed by atoms with E-state index in [1.165, 1.54) is 6.07 Å². The Bertz CT molecular complexity index is 884. The van der Waals surface area contributed by atoms with Crippen molar-refractivity contribution < 1.29 is 9.90 Å². The first-order chi connectivity index (χ1) is 12.1. The van der Waals surface area contributed by atoms with Gasteiger partial charge in [-0.1, -0.05) is 35.9 Å². The topological polar surface area (TPSA) is 87.1 Å². The Morgan fingerprint density at radius 1 is 1.08 bits per heavy atom. The van der Waals surface area contributed by atoms with Gasteiger partial charge in [-0.05, 0) is 35.9 Å². The predicted octanol–water partition coefficient (Wildman–Crippen LogP) is 4.18. The van der Waals surface area contributed by atoms with Gasteiger partial charge in [-0.2, -0.15) is 4.98 Å². The lowest BCUT2D eigenvalue weighted by atomic mass is 10.2. The maximum Gasteiger partial charge on any atom is 0.337 e. The number of hydrogen-bond donors (Lipinski definition) is 3. The van der Waals surface area contributed by atoms with Crippen molar-refractivity contribution in [2.24, 2.45) is 0 Å². The number of benzene rings is 2. The van der Waals surface area contributed by atoms with Gasteiger partial charge in [-0.3, -0.25) is 0 Å². The fraction of sp³-hybridized carbons (Fsp3) is 0.0556. The molecule has 0 aliphatic rings. The number of carboxylic acids is 1. The molecule has 1 aromatic heterocycles. The van der Waals surface area contributed by atoms with E-state index >= 15 is 0 Å². The molecule has 0 unspecified atom stereocenters. The van der Waals surface area contributed by atoms with E-state index in [2.05, 4.69) is 20.6 Å². The molecule has 0 saturated heterocycles. The van der Waals surface area contributed by atoms with E-state index < -0.39 is 5.97 Å². The van der Waals surface area contributed by atoms with E-state index in [1.54, 1.807) is 30.5 Å². The van der Waals surface area contributed by atoms with Gasteiger partial charge in [0.05, 0.1) is 11.3 Å². The number of nitrogens with zero attached hydrogens (tertiary/aromatic N) is 2. The lowest BCUT2D eigenvalue weighted by Gasteiger charge is -2.10. The number of hydrogen-bond acceptors (Lipinski definition) is 5. The summed E-state index contributed by atoms with van der Waals surface area (Å²) in [5.74, 6) is -0.0618. The van der Waals surface area contributed by atoms with E-state index in [0.29, 0.717) is 29.0 Å². The van der Waals surface area contributed by atoms with Crippen LogP contribution in [0.2, 0.25) is 5.02 Å². The van der Waals surface area contributed by atoms with Crippen molar-refractivity contribution in [3.05, 3.63) is 76.9 Å². The standard InChI is InChI=1S/C18H15ClN4O2/c19-13-7-5-12(6-8-13)11-21-18-20-10-9-16(23-18)22-15-4-2-1-3-14(15)17(24)25/h1-10H,11H2,(H,24,25)(H2,20,21,22,23). The van der Waals surface area contributed by atoms with Crippen LogP contribution in [0.5, 0.6) is 0 Å². The van der Waals surface area contributed by atoms with Gasteiger partial charge in [0, 0.05) is 17.8 Å². The SMILES string of the molecule is O=C(O)c1ccccc1Nc1ccnc(NCc2ccc(Cl)cc2)n1. The zero-order valence-electron chi connectivity index (χ0n) is 13.1. The van der Waals surface area contributed by atoms with Gasteiger partial charge in [-0.15, -0.1) is 0 Å². The fourth-order valence-corrected chi connectivity index (χ4v) is 2.34. The fourth-order valence-electron chi connectivity index (χ4n) is 2.21. The molecule has 0 spiro atoms. The Kier molecular flexibility index (Phi) is 5.11. The first-order valence-electron chi connectivity index (χ1n) is 7.52. The number of halogens is 1. The molecule has 0 aliphatic heterocycles. The van der Waals surface area contributed by atoms with Crippen molar-refractivity contribution in [2.75, 3.05) is 10.6 Å². The summed E-state index contributed by atoms with van der Waals surface area (Å²) >= 11 is 5.87. The van der Waals surface area contributed by atoms with Crippen LogP contribution in [0.25, 0.3) is 0 Å². The third kappa shape index (κ3) is 4.45. The molecule has 1 heterocycles. The summed E-state index contributed by atoms with van der Waals surface area (Å²) in [4.78, 5) is 19.8. The molecule has 3 rings (SSSR count). The lowest BCUT2D eigenvalue weighted by molar-refractivity contribution is 0.0698. The Balaban J connectivity index is 1.71. The molecule has 0 fully saturated rings. The number of nitrogens with one attached hydrogen (secondary N) is 2. The predicted molar refractivity (Wildman–Crippen MR) is 97.5 cm³/mol. The molecule has 2 aromatic carbocycles. The molecule has 0 bridgehead atoms. The number of aromatic carboxylic acids is 1. The third-order valence-electron chi connectivity index (χ3n) is 3.44. The smallest absolute Gasteiger partial charge is 0.337 e. The quantitative estimate of drug-likeness (QED) is 0.615. The highest BCUT2D eigenvalue weighted by Crippen LogP contribution is 2.20. The minimum Gasteiger partial charge on any atom is -0.478 e.